The lowest BCUT2D eigenvalue weighted by Crippen LogP contribution is -2.40. The number of ether oxygens (including phenoxy) is 1. The number of likely N-dealkylation sites (tertiary alicyclic amines) is 2. The normalized spacial score (nSPS) is 17.5. The van der Waals surface area contributed by atoms with Gasteiger partial charge >= 0.3 is 0 Å². The second-order valence-corrected chi connectivity index (χ2v) is 8.17. The molecule has 0 unspecified atom stereocenters. The van der Waals surface area contributed by atoms with Crippen LogP contribution >= 0.6 is 0 Å². The van der Waals surface area contributed by atoms with E-state index >= 15 is 0 Å². The zero-order chi connectivity index (χ0) is 21.8. The van der Waals surface area contributed by atoms with Crippen LogP contribution in [0.2, 0.25) is 0 Å². The maximum Gasteiger partial charge on any atom is 0.250 e. The van der Waals surface area contributed by atoms with Crippen molar-refractivity contribution in [3.8, 4) is 0 Å². The van der Waals surface area contributed by atoms with Gasteiger partial charge in [-0.05, 0) is 31.4 Å². The summed E-state index contributed by atoms with van der Waals surface area (Å²) in [7, 11) is 0. The van der Waals surface area contributed by atoms with Crippen LogP contribution in [-0.4, -0.2) is 71.9 Å². The van der Waals surface area contributed by atoms with E-state index in [2.05, 4.69) is 0 Å². The molecule has 2 fully saturated rings. The zero-order valence-electron chi connectivity index (χ0n) is 17.6. The molecular weight excluding hydrogens is 396 g/mol. The largest absolute Gasteiger partial charge is 0.370 e. The molecular formula is C23H28N4O4. The van der Waals surface area contributed by atoms with Crippen molar-refractivity contribution in [2.45, 2.75) is 31.6 Å². The number of aromatic nitrogens is 1. The fourth-order valence-corrected chi connectivity index (χ4v) is 4.41. The SMILES string of the molecule is NC(=O)c1cc2ccccc2nc1C1CCN(C(=O)COCCN2CCCC2=O)CC1. The molecule has 0 spiro atoms. The van der Waals surface area contributed by atoms with Gasteiger partial charge in [-0.1, -0.05) is 18.2 Å². The molecule has 8 nitrogen and oxygen atoms in total. The number of piperidine rings is 1. The van der Waals surface area contributed by atoms with Crippen LogP contribution in [0.4, 0.5) is 0 Å². The van der Waals surface area contributed by atoms with Crippen LogP contribution in [0.5, 0.6) is 0 Å². The van der Waals surface area contributed by atoms with E-state index in [1.165, 1.54) is 0 Å². The molecule has 3 heterocycles. The Balaban J connectivity index is 1.31. The first-order valence-corrected chi connectivity index (χ1v) is 10.9. The number of amides is 3. The lowest BCUT2D eigenvalue weighted by molar-refractivity contribution is -0.137. The van der Waals surface area contributed by atoms with Crippen molar-refractivity contribution in [1.82, 2.24) is 14.8 Å². The topological polar surface area (TPSA) is 106 Å². The minimum absolute atomic E-state index is 0.0213. The Hall–Kier alpha value is -3.00. The molecule has 0 aliphatic carbocycles. The van der Waals surface area contributed by atoms with E-state index in [-0.39, 0.29) is 24.3 Å². The van der Waals surface area contributed by atoms with Crippen molar-refractivity contribution in [3.63, 3.8) is 0 Å². The van der Waals surface area contributed by atoms with Crippen molar-refractivity contribution < 1.29 is 19.1 Å². The van der Waals surface area contributed by atoms with E-state index in [0.717, 1.165) is 42.4 Å². The molecule has 0 atom stereocenters. The van der Waals surface area contributed by atoms with Crippen molar-refractivity contribution in [2.24, 2.45) is 5.73 Å². The minimum Gasteiger partial charge on any atom is -0.370 e. The summed E-state index contributed by atoms with van der Waals surface area (Å²) in [5, 5.41) is 0.889. The first-order valence-electron chi connectivity index (χ1n) is 10.9. The highest BCUT2D eigenvalue weighted by Gasteiger charge is 2.28. The molecule has 2 N–H and O–H groups in total. The third-order valence-corrected chi connectivity index (χ3v) is 6.16. The Labute approximate surface area is 181 Å². The minimum atomic E-state index is -0.475. The maximum absolute atomic E-state index is 12.5. The lowest BCUT2D eigenvalue weighted by Gasteiger charge is -2.32. The number of benzene rings is 1. The first-order chi connectivity index (χ1) is 15.0. The molecule has 164 valence electrons. The van der Waals surface area contributed by atoms with Gasteiger partial charge < -0.3 is 20.3 Å². The van der Waals surface area contributed by atoms with E-state index in [0.29, 0.717) is 38.2 Å². The Bertz CT molecular complexity index is 985. The number of carbonyl (C=O) groups excluding carboxylic acids is 3. The van der Waals surface area contributed by atoms with E-state index < -0.39 is 5.91 Å². The Morgan fingerprint density at radius 1 is 1.16 bits per heavy atom. The molecule has 2 aliphatic rings. The summed E-state index contributed by atoms with van der Waals surface area (Å²) in [5.41, 5.74) is 7.65. The second-order valence-electron chi connectivity index (χ2n) is 8.17. The third-order valence-electron chi connectivity index (χ3n) is 6.16. The molecule has 31 heavy (non-hydrogen) atoms. The van der Waals surface area contributed by atoms with Crippen LogP contribution in [0, 0.1) is 0 Å². The van der Waals surface area contributed by atoms with Crippen molar-refractivity contribution >= 4 is 28.6 Å². The molecule has 2 saturated heterocycles. The lowest BCUT2D eigenvalue weighted by atomic mass is 9.89. The average molecular weight is 425 g/mol. The van der Waals surface area contributed by atoms with Crippen LogP contribution in [0.25, 0.3) is 10.9 Å². The van der Waals surface area contributed by atoms with Crippen LogP contribution in [0.15, 0.2) is 30.3 Å². The number of nitrogens with zero attached hydrogens (tertiary/aromatic N) is 3. The molecule has 0 bridgehead atoms. The molecule has 0 saturated carbocycles. The van der Waals surface area contributed by atoms with Gasteiger partial charge in [0.25, 0.3) is 5.91 Å². The fourth-order valence-electron chi connectivity index (χ4n) is 4.41. The predicted molar refractivity (Wildman–Crippen MR) is 115 cm³/mol. The average Bonchev–Trinajstić information content (AvgIpc) is 3.20. The highest BCUT2D eigenvalue weighted by molar-refractivity contribution is 5.97. The van der Waals surface area contributed by atoms with Gasteiger partial charge in [0.15, 0.2) is 0 Å². The van der Waals surface area contributed by atoms with Gasteiger partial charge in [0, 0.05) is 43.9 Å². The van der Waals surface area contributed by atoms with Gasteiger partial charge in [0.1, 0.15) is 6.61 Å². The number of carbonyl (C=O) groups is 3. The van der Waals surface area contributed by atoms with Gasteiger partial charge in [0.2, 0.25) is 11.8 Å². The number of hydrogen-bond donors (Lipinski definition) is 1. The maximum atomic E-state index is 12.5. The summed E-state index contributed by atoms with van der Waals surface area (Å²) in [4.78, 5) is 44.4. The fraction of sp³-hybridized carbons (Fsp3) is 0.478. The summed E-state index contributed by atoms with van der Waals surface area (Å²) >= 11 is 0. The smallest absolute Gasteiger partial charge is 0.250 e. The molecule has 2 aliphatic heterocycles. The van der Waals surface area contributed by atoms with Crippen molar-refractivity contribution in [3.05, 3.63) is 41.6 Å². The van der Waals surface area contributed by atoms with E-state index in [1.807, 2.05) is 30.3 Å². The van der Waals surface area contributed by atoms with Crippen LogP contribution in [0.1, 0.15) is 47.7 Å². The van der Waals surface area contributed by atoms with Gasteiger partial charge in [-0.2, -0.15) is 0 Å². The standard InChI is InChI=1S/C23H28N4O4/c24-23(30)18-14-17-4-1-2-5-19(17)25-22(18)16-7-10-27(11-8-16)21(29)15-31-13-12-26-9-3-6-20(26)28/h1-2,4-5,14,16H,3,6-13,15H2,(H2,24,30). The number of pyridine rings is 1. The number of hydrogen-bond acceptors (Lipinski definition) is 5. The van der Waals surface area contributed by atoms with Gasteiger partial charge in [-0.25, -0.2) is 0 Å². The highest BCUT2D eigenvalue weighted by Crippen LogP contribution is 2.31. The van der Waals surface area contributed by atoms with Gasteiger partial charge in [-0.15, -0.1) is 0 Å². The number of nitrogens with two attached hydrogens (primary N) is 1. The van der Waals surface area contributed by atoms with Crippen LogP contribution in [-0.2, 0) is 14.3 Å². The molecule has 1 aromatic carbocycles. The van der Waals surface area contributed by atoms with Gasteiger partial charge in [-0.3, -0.25) is 19.4 Å². The number of fused-ring (bicyclic) bond motifs is 1. The zero-order valence-corrected chi connectivity index (χ0v) is 17.6. The molecule has 0 radical (unpaired) electrons. The quantitative estimate of drug-likeness (QED) is 0.681. The Kier molecular flexibility index (Phi) is 6.46. The predicted octanol–water partition coefficient (Wildman–Crippen LogP) is 1.68. The first kappa shape index (κ1) is 21.2. The number of primary amides is 1. The summed E-state index contributed by atoms with van der Waals surface area (Å²) in [6.45, 7) is 2.89. The van der Waals surface area contributed by atoms with Gasteiger partial charge in [0.05, 0.1) is 23.4 Å². The summed E-state index contributed by atoms with van der Waals surface area (Å²) in [5.74, 6) is -0.280. The molecule has 8 heteroatoms. The Morgan fingerprint density at radius 3 is 2.65 bits per heavy atom. The molecule has 2 aromatic rings. The second kappa shape index (κ2) is 9.43. The highest BCUT2D eigenvalue weighted by atomic mass is 16.5. The van der Waals surface area contributed by atoms with E-state index in [9.17, 15) is 14.4 Å². The van der Waals surface area contributed by atoms with E-state index in [1.54, 1.807) is 9.80 Å². The summed E-state index contributed by atoms with van der Waals surface area (Å²) < 4.78 is 5.51. The summed E-state index contributed by atoms with van der Waals surface area (Å²) in [6, 6.07) is 9.48. The number of rotatable bonds is 7. The number of para-hydroxylation sites is 1. The van der Waals surface area contributed by atoms with Crippen LogP contribution in [0.3, 0.4) is 0 Å². The summed E-state index contributed by atoms with van der Waals surface area (Å²) in [6.07, 6.45) is 2.95. The van der Waals surface area contributed by atoms with Crippen LogP contribution < -0.4 is 5.73 Å². The third kappa shape index (κ3) is 4.85. The van der Waals surface area contributed by atoms with Crippen molar-refractivity contribution in [2.75, 3.05) is 39.4 Å². The van der Waals surface area contributed by atoms with E-state index in [4.69, 9.17) is 15.5 Å². The molecule has 1 aromatic heterocycles. The monoisotopic (exact) mass is 424 g/mol. The molecule has 4 rings (SSSR count). The molecule has 3 amide bonds. The Morgan fingerprint density at radius 2 is 1.94 bits per heavy atom. The van der Waals surface area contributed by atoms with Crippen molar-refractivity contribution in [1.29, 1.82) is 0 Å².